The molecule has 10 rings (SSSR count). The van der Waals surface area contributed by atoms with Crippen LogP contribution in [0.15, 0.2) is 48.5 Å². The molecule has 4 aliphatic heterocycles. The van der Waals surface area contributed by atoms with Gasteiger partial charge in [-0.3, -0.25) is 39.4 Å². The highest BCUT2D eigenvalue weighted by molar-refractivity contribution is 6.34. The van der Waals surface area contributed by atoms with E-state index in [4.69, 9.17) is 143 Å². The largest absolute Gasteiger partial charge is 0.462 e. The number of benzene rings is 2. The molecule has 0 aromatic heterocycles. The molecule has 4 aliphatic carbocycles. The summed E-state index contributed by atoms with van der Waals surface area (Å²) in [4.78, 5) is 110. The van der Waals surface area contributed by atoms with Crippen molar-refractivity contribution in [2.45, 2.75) is 165 Å². The van der Waals surface area contributed by atoms with E-state index >= 15 is 4.79 Å². The van der Waals surface area contributed by atoms with Gasteiger partial charge in [-0.1, -0.05) is 75.2 Å². The van der Waals surface area contributed by atoms with Crippen LogP contribution in [-0.2, 0) is 90.3 Å². The van der Waals surface area contributed by atoms with Crippen molar-refractivity contribution in [2.24, 2.45) is 52.3 Å². The third-order valence-electron chi connectivity index (χ3n) is 20.2. The smallest absolute Gasteiger partial charge is 0.412 e. The van der Waals surface area contributed by atoms with Crippen molar-refractivity contribution >= 4 is 140 Å². The highest BCUT2D eigenvalue weighted by Crippen LogP contribution is 2.71. The molecule has 8 aliphatic rings. The number of esters is 5. The van der Waals surface area contributed by atoms with Crippen molar-refractivity contribution in [2.75, 3.05) is 59.9 Å². The lowest BCUT2D eigenvalue weighted by atomic mass is 9.44. The summed E-state index contributed by atoms with van der Waals surface area (Å²) >= 11 is 42.9. The molecule has 2 amide bonds. The third kappa shape index (κ3) is 15.4. The molecule has 0 radical (unpaired) electrons. The Kier molecular flexibility index (Phi) is 23.6. The van der Waals surface area contributed by atoms with E-state index in [0.29, 0.717) is 38.2 Å². The fraction of sp³-hybridized carbons (Fsp3) is 0.683. The third-order valence-corrected chi connectivity index (χ3v) is 22.0. The summed E-state index contributed by atoms with van der Waals surface area (Å²) in [6.07, 6.45) is -15.8. The van der Waals surface area contributed by atoms with Gasteiger partial charge in [0.1, 0.15) is 66.7 Å². The Morgan fingerprint density at radius 1 is 0.581 bits per heavy atom. The van der Waals surface area contributed by atoms with Gasteiger partial charge in [0.25, 0.3) is 0 Å². The molecule has 1 spiro atoms. The van der Waals surface area contributed by atoms with Gasteiger partial charge in [0, 0.05) is 24.7 Å². The number of amides is 2. The van der Waals surface area contributed by atoms with Gasteiger partial charge >= 0.3 is 42.0 Å². The van der Waals surface area contributed by atoms with Crippen LogP contribution < -0.4 is 10.6 Å². The van der Waals surface area contributed by atoms with Gasteiger partial charge in [-0.2, -0.15) is 0 Å². The van der Waals surface area contributed by atoms with Gasteiger partial charge in [-0.15, -0.1) is 58.0 Å². The minimum atomic E-state index is -2.14. The molecule has 4 saturated heterocycles. The first-order chi connectivity index (χ1) is 44.5. The Morgan fingerprint density at radius 3 is 1.69 bits per heavy atom. The minimum Gasteiger partial charge on any atom is -0.462 e. The highest BCUT2D eigenvalue weighted by Gasteiger charge is 2.71. The Morgan fingerprint density at radius 2 is 1.12 bits per heavy atom. The first kappa shape index (κ1) is 71.6. The van der Waals surface area contributed by atoms with E-state index in [-0.39, 0.29) is 74.2 Å². The number of halogens is 7. The van der Waals surface area contributed by atoms with Gasteiger partial charge in [0.15, 0.2) is 48.9 Å². The topological polar surface area (TPSA) is 281 Å². The van der Waals surface area contributed by atoms with E-state index in [9.17, 15) is 33.6 Å². The number of fused-ring (bicyclic) bond motifs is 7. The number of nitrogens with one attached hydrogen (secondary N) is 2. The molecule has 2 aromatic carbocycles. The molecular weight excluding hydrogens is 1370 g/mol. The number of rotatable bonds is 20. The number of ketones is 1. The molecule has 30 heteroatoms. The zero-order chi connectivity index (χ0) is 66.7. The molecule has 93 heavy (non-hydrogen) atoms. The standard InChI is InChI=1S/C63H75Cl7N2O21/c1-30-15-18-63(83-27-30)31(2)49-41(93-63)20-35-34-14-13-32-19-33(16-17-61(32,3)50(34)40(73)21-62(35,49)4)84-57-55(89-47(77)25-67)53(87-45(75)23-65)51(42(85-57)28-81-44(74)22-64)91-58-56(90-48(78)26-68)54(88-46(76)24-66)52(92-60(80)72-39-12-8-6-10-37(39)70)43(86-58)29-82-59(79)71-38-11-7-5-9-36(38)69/h5-12,30-35,41-43,49-58H,13-29H2,1-4H3,(H,71,79)(H,72,80)/t30-,31?,32+,33+,34+,35+,41?,42-,43-,49?,50-,51-,52-,53+,54+,55-,56-,57-,58+,61+,62+,63-/m1/s1. The van der Waals surface area contributed by atoms with E-state index in [1.807, 2.05) is 0 Å². The molecule has 2 N–H and O–H groups in total. The monoisotopic (exact) mass is 1440 g/mol. The number of carbonyl (C=O) groups excluding carboxylic acids is 8. The van der Waals surface area contributed by atoms with Crippen molar-refractivity contribution in [3.05, 3.63) is 58.6 Å². The minimum absolute atomic E-state index is 0.00575. The molecule has 4 heterocycles. The molecule has 22 atom stereocenters. The fourth-order valence-electron chi connectivity index (χ4n) is 16.2. The second-order valence-corrected chi connectivity index (χ2v) is 27.9. The van der Waals surface area contributed by atoms with Crippen molar-refractivity contribution in [3.8, 4) is 0 Å². The number of alkyl halides is 5. The van der Waals surface area contributed by atoms with Crippen molar-refractivity contribution in [3.63, 3.8) is 0 Å². The average Bonchev–Trinajstić information content (AvgIpc) is 1.57. The fourth-order valence-corrected chi connectivity index (χ4v) is 16.9. The van der Waals surface area contributed by atoms with Crippen molar-refractivity contribution < 1.29 is 99.9 Å². The predicted octanol–water partition coefficient (Wildman–Crippen LogP) is 10.4. The quantitative estimate of drug-likeness (QED) is 0.0539. The summed E-state index contributed by atoms with van der Waals surface area (Å²) in [7, 11) is 0. The summed E-state index contributed by atoms with van der Waals surface area (Å²) in [6.45, 7) is 7.96. The normalized spacial score (nSPS) is 37.5. The second kappa shape index (κ2) is 30.7. The molecule has 3 unspecified atom stereocenters. The zero-order valence-electron chi connectivity index (χ0n) is 51.3. The van der Waals surface area contributed by atoms with Crippen LogP contribution in [0.2, 0.25) is 10.0 Å². The SMILES string of the molecule is CC1C2C(C[C@H]3[C@@H]4CC[C@H]5C[C@@H](O[C@@H]6O[C@H](COC(=O)CCl)[C@@H](O[C@@H]7O[C@H](COC(=O)Nc8ccccc8Cl)[C@@H](OC(=O)Nc8ccccc8Cl)[C@H](OC(=O)CCl)[C@H]7OC(=O)CCl)[C@H](OC(=O)CCl)[C@H]6OC(=O)CCl)CC[C@]5(C)[C@H]4C(=O)C[C@]23C)O[C@]12CC[C@@H](C)CO2. The summed E-state index contributed by atoms with van der Waals surface area (Å²) < 4.78 is 80.9. The molecule has 512 valence electrons. The van der Waals surface area contributed by atoms with Crippen LogP contribution in [0.5, 0.6) is 0 Å². The molecule has 2 aromatic rings. The lowest BCUT2D eigenvalue weighted by Crippen LogP contribution is -2.68. The van der Waals surface area contributed by atoms with E-state index in [1.54, 1.807) is 24.3 Å². The highest BCUT2D eigenvalue weighted by atomic mass is 35.5. The van der Waals surface area contributed by atoms with Gasteiger partial charge in [-0.05, 0) is 110 Å². The number of hydrogen-bond donors (Lipinski definition) is 2. The molecular formula is C63H75Cl7N2O21. The predicted molar refractivity (Wildman–Crippen MR) is 335 cm³/mol. The number of hydrogen-bond acceptors (Lipinski definition) is 21. The summed E-state index contributed by atoms with van der Waals surface area (Å²) in [5.41, 5.74) is -0.498. The van der Waals surface area contributed by atoms with Gasteiger partial charge in [-0.25, -0.2) is 9.59 Å². The van der Waals surface area contributed by atoms with E-state index in [1.165, 1.54) is 24.3 Å². The number of anilines is 2. The van der Waals surface area contributed by atoms with Gasteiger partial charge < -0.3 is 61.6 Å². The van der Waals surface area contributed by atoms with Crippen molar-refractivity contribution in [1.82, 2.24) is 0 Å². The molecule has 4 saturated carbocycles. The maximum absolute atomic E-state index is 15.0. The Balaban J connectivity index is 0.951. The maximum atomic E-state index is 15.0. The Hall–Kier alpha value is -4.21. The number of ether oxygens (including phenoxy) is 13. The molecule has 8 fully saturated rings. The first-order valence-corrected chi connectivity index (χ1v) is 34.5. The van der Waals surface area contributed by atoms with E-state index < -0.39 is 163 Å². The van der Waals surface area contributed by atoms with Crippen LogP contribution in [0.3, 0.4) is 0 Å². The Labute approximate surface area is 572 Å². The number of Topliss-reactive ketones (excluding diaryl/α,β-unsaturated/α-hetero) is 1. The molecule has 0 bridgehead atoms. The first-order valence-electron chi connectivity index (χ1n) is 31.1. The maximum Gasteiger partial charge on any atom is 0.412 e. The van der Waals surface area contributed by atoms with Crippen LogP contribution in [0.1, 0.15) is 85.5 Å². The van der Waals surface area contributed by atoms with Crippen LogP contribution in [0.25, 0.3) is 0 Å². The van der Waals surface area contributed by atoms with Crippen molar-refractivity contribution in [1.29, 1.82) is 0 Å². The summed E-state index contributed by atoms with van der Waals surface area (Å²) in [5, 5.41) is 5.15. The zero-order valence-corrected chi connectivity index (χ0v) is 56.6. The summed E-state index contributed by atoms with van der Waals surface area (Å²) in [6, 6.07) is 12.2. The van der Waals surface area contributed by atoms with E-state index in [0.717, 1.165) is 32.1 Å². The van der Waals surface area contributed by atoms with Crippen LogP contribution in [0.4, 0.5) is 21.0 Å². The van der Waals surface area contributed by atoms with E-state index in [2.05, 4.69) is 38.3 Å². The van der Waals surface area contributed by atoms with Crippen LogP contribution >= 0.6 is 81.2 Å². The summed E-state index contributed by atoms with van der Waals surface area (Å²) in [5.74, 6) is -8.79. The number of para-hydroxylation sites is 2. The lowest BCUT2D eigenvalue weighted by molar-refractivity contribution is -0.364. The van der Waals surface area contributed by atoms with Gasteiger partial charge in [0.2, 0.25) is 0 Å². The lowest BCUT2D eigenvalue weighted by Gasteiger charge is -2.60. The van der Waals surface area contributed by atoms with Crippen LogP contribution in [-0.4, -0.2) is 176 Å². The Bertz CT molecular complexity index is 3070. The number of carbonyl (C=O) groups is 8. The molecule has 23 nitrogen and oxygen atoms in total. The second-order valence-electron chi connectivity index (χ2n) is 25.7. The van der Waals surface area contributed by atoms with Crippen LogP contribution in [0, 0.1) is 52.3 Å². The average molecular weight is 1440 g/mol. The van der Waals surface area contributed by atoms with Gasteiger partial charge in [0.05, 0.1) is 40.2 Å².